The zero-order valence-electron chi connectivity index (χ0n) is 17.5. The van der Waals surface area contributed by atoms with Crippen LogP contribution in [0.2, 0.25) is 0 Å². The molecule has 0 radical (unpaired) electrons. The van der Waals surface area contributed by atoms with Crippen molar-refractivity contribution in [1.29, 1.82) is 0 Å². The van der Waals surface area contributed by atoms with Crippen LogP contribution in [0.4, 0.5) is 0 Å². The second kappa shape index (κ2) is 9.72. The number of hydrogen-bond donors (Lipinski definition) is 1. The maximum Gasteiger partial charge on any atom is 0.273 e. The number of aromatic nitrogens is 1. The lowest BCUT2D eigenvalue weighted by molar-refractivity contribution is 0.0924. The largest absolute Gasteiger partial charge is 0.355 e. The summed E-state index contributed by atoms with van der Waals surface area (Å²) < 4.78 is 5.39. The highest BCUT2D eigenvalue weighted by atomic mass is 16.5. The highest BCUT2D eigenvalue weighted by molar-refractivity contribution is 5.93. The molecule has 5 heteroatoms. The van der Waals surface area contributed by atoms with Gasteiger partial charge in [-0.3, -0.25) is 9.69 Å². The summed E-state index contributed by atoms with van der Waals surface area (Å²) in [5.74, 6) is 0.399. The Labute approximate surface area is 178 Å². The third-order valence-electron chi connectivity index (χ3n) is 5.80. The molecule has 2 aromatic carbocycles. The van der Waals surface area contributed by atoms with Gasteiger partial charge in [0.1, 0.15) is 0 Å². The molecule has 1 saturated heterocycles. The fraction of sp³-hybridized carbons (Fsp3) is 0.360. The summed E-state index contributed by atoms with van der Waals surface area (Å²) >= 11 is 0. The monoisotopic (exact) mass is 403 g/mol. The molecule has 0 spiro atoms. The molecule has 1 N–H and O–H groups in total. The maximum absolute atomic E-state index is 12.8. The summed E-state index contributed by atoms with van der Waals surface area (Å²) in [6, 6.07) is 20.2. The van der Waals surface area contributed by atoms with E-state index in [1.54, 1.807) is 6.07 Å². The van der Waals surface area contributed by atoms with Gasteiger partial charge in [-0.25, -0.2) is 0 Å². The minimum absolute atomic E-state index is 0.160. The Morgan fingerprint density at radius 3 is 2.43 bits per heavy atom. The van der Waals surface area contributed by atoms with Gasteiger partial charge in [-0.05, 0) is 38.4 Å². The molecule has 1 fully saturated rings. The molecule has 1 aliphatic heterocycles. The molecular weight excluding hydrogens is 374 g/mol. The molecule has 0 aliphatic carbocycles. The van der Waals surface area contributed by atoms with Crippen molar-refractivity contribution in [2.24, 2.45) is 0 Å². The first-order chi connectivity index (χ1) is 14.7. The molecule has 3 aromatic rings. The number of benzene rings is 2. The standard InChI is InChI=1S/C25H29N3O2/c1-19-11-13-20(14-12-19)23(28-15-7-2-3-8-16-28)18-26-25(29)22-17-24(30-27-22)21-9-5-4-6-10-21/h4-6,9-14,17,23H,2-3,7-8,15-16,18H2,1H3,(H,26,29). The third kappa shape index (κ3) is 4.97. The number of nitrogens with one attached hydrogen (secondary N) is 1. The number of carbonyl (C=O) groups excluding carboxylic acids is 1. The van der Waals surface area contributed by atoms with Crippen molar-refractivity contribution < 1.29 is 9.32 Å². The molecule has 4 rings (SSSR count). The molecule has 0 saturated carbocycles. The van der Waals surface area contributed by atoms with E-state index >= 15 is 0 Å². The number of rotatable bonds is 6. The molecular formula is C25H29N3O2. The Morgan fingerprint density at radius 1 is 1.03 bits per heavy atom. The van der Waals surface area contributed by atoms with Gasteiger partial charge in [0.05, 0.1) is 6.04 Å². The fourth-order valence-corrected chi connectivity index (χ4v) is 4.05. The second-order valence-electron chi connectivity index (χ2n) is 8.03. The van der Waals surface area contributed by atoms with E-state index in [1.165, 1.54) is 36.8 Å². The van der Waals surface area contributed by atoms with Gasteiger partial charge in [0.15, 0.2) is 11.5 Å². The van der Waals surface area contributed by atoms with Crippen molar-refractivity contribution in [3.8, 4) is 11.3 Å². The summed E-state index contributed by atoms with van der Waals surface area (Å²) in [6.45, 7) is 4.78. The van der Waals surface area contributed by atoms with Crippen LogP contribution in [0.1, 0.15) is 53.3 Å². The summed E-state index contributed by atoms with van der Waals surface area (Å²) in [6.07, 6.45) is 4.98. The van der Waals surface area contributed by atoms with Gasteiger partial charge in [-0.2, -0.15) is 0 Å². The topological polar surface area (TPSA) is 58.4 Å². The molecule has 2 heterocycles. The molecule has 156 valence electrons. The molecule has 1 aliphatic rings. The summed E-state index contributed by atoms with van der Waals surface area (Å²) in [5, 5.41) is 7.07. The third-order valence-corrected chi connectivity index (χ3v) is 5.80. The van der Waals surface area contributed by atoms with Gasteiger partial charge >= 0.3 is 0 Å². The van der Waals surface area contributed by atoms with Crippen molar-refractivity contribution in [2.45, 2.75) is 38.6 Å². The molecule has 1 aromatic heterocycles. The Bertz CT molecular complexity index is 942. The quantitative estimate of drug-likeness (QED) is 0.629. The minimum Gasteiger partial charge on any atom is -0.355 e. The van der Waals surface area contributed by atoms with E-state index in [9.17, 15) is 4.79 Å². The SMILES string of the molecule is Cc1ccc(C(CNC(=O)c2cc(-c3ccccc3)on2)N2CCCCCC2)cc1. The second-order valence-corrected chi connectivity index (χ2v) is 8.03. The Hall–Kier alpha value is -2.92. The average Bonchev–Trinajstić information content (AvgIpc) is 3.13. The highest BCUT2D eigenvalue weighted by Gasteiger charge is 2.23. The first kappa shape index (κ1) is 20.4. The van der Waals surface area contributed by atoms with Gasteiger partial charge in [0.25, 0.3) is 5.91 Å². The Balaban J connectivity index is 1.47. The zero-order chi connectivity index (χ0) is 20.8. The maximum atomic E-state index is 12.8. The van der Waals surface area contributed by atoms with Crippen LogP contribution in [0.3, 0.4) is 0 Å². The van der Waals surface area contributed by atoms with Crippen LogP contribution in [0.25, 0.3) is 11.3 Å². The van der Waals surface area contributed by atoms with E-state index in [0.29, 0.717) is 18.0 Å². The molecule has 0 bridgehead atoms. The van der Waals surface area contributed by atoms with Gasteiger partial charge < -0.3 is 9.84 Å². The van der Waals surface area contributed by atoms with Crippen molar-refractivity contribution in [1.82, 2.24) is 15.4 Å². The first-order valence-corrected chi connectivity index (χ1v) is 10.8. The van der Waals surface area contributed by atoms with Crippen molar-refractivity contribution in [3.05, 3.63) is 77.5 Å². The normalized spacial score (nSPS) is 16.0. The van der Waals surface area contributed by atoms with Crippen LogP contribution >= 0.6 is 0 Å². The molecule has 1 amide bonds. The van der Waals surface area contributed by atoms with Crippen molar-refractivity contribution in [2.75, 3.05) is 19.6 Å². The van der Waals surface area contributed by atoms with Gasteiger partial charge in [-0.1, -0.05) is 78.2 Å². The summed E-state index contributed by atoms with van der Waals surface area (Å²) in [5.41, 5.74) is 3.71. The molecule has 1 atom stereocenters. The number of aryl methyl sites for hydroxylation is 1. The van der Waals surface area contributed by atoms with Gasteiger partial charge in [0, 0.05) is 18.2 Å². The Kier molecular flexibility index (Phi) is 6.60. The zero-order valence-corrected chi connectivity index (χ0v) is 17.5. The van der Waals surface area contributed by atoms with E-state index in [1.807, 2.05) is 30.3 Å². The van der Waals surface area contributed by atoms with Crippen molar-refractivity contribution >= 4 is 5.91 Å². The van der Waals surface area contributed by atoms with Crippen LogP contribution in [-0.2, 0) is 0 Å². The summed E-state index contributed by atoms with van der Waals surface area (Å²) in [7, 11) is 0. The van der Waals surface area contributed by atoms with Gasteiger partial charge in [0.2, 0.25) is 0 Å². The van der Waals surface area contributed by atoms with Crippen molar-refractivity contribution in [3.63, 3.8) is 0 Å². The Morgan fingerprint density at radius 2 is 1.73 bits per heavy atom. The lowest BCUT2D eigenvalue weighted by atomic mass is 10.0. The highest BCUT2D eigenvalue weighted by Crippen LogP contribution is 2.25. The number of hydrogen-bond acceptors (Lipinski definition) is 4. The first-order valence-electron chi connectivity index (χ1n) is 10.8. The average molecular weight is 404 g/mol. The van der Waals surface area contributed by atoms with Gasteiger partial charge in [-0.15, -0.1) is 0 Å². The number of likely N-dealkylation sites (tertiary alicyclic amines) is 1. The number of amides is 1. The predicted molar refractivity (Wildman–Crippen MR) is 118 cm³/mol. The van der Waals surface area contributed by atoms with E-state index in [2.05, 4.69) is 46.6 Å². The van der Waals surface area contributed by atoms with Crippen LogP contribution in [0.5, 0.6) is 0 Å². The molecule has 1 unspecified atom stereocenters. The number of carbonyl (C=O) groups is 1. The minimum atomic E-state index is -0.201. The van der Waals surface area contributed by atoms with E-state index in [-0.39, 0.29) is 11.9 Å². The molecule has 5 nitrogen and oxygen atoms in total. The fourth-order valence-electron chi connectivity index (χ4n) is 4.05. The number of nitrogens with zero attached hydrogens (tertiary/aromatic N) is 2. The van der Waals surface area contributed by atoms with E-state index in [4.69, 9.17) is 4.52 Å². The smallest absolute Gasteiger partial charge is 0.273 e. The van der Waals surface area contributed by atoms with E-state index in [0.717, 1.165) is 18.7 Å². The lowest BCUT2D eigenvalue weighted by Crippen LogP contribution is -2.38. The van der Waals surface area contributed by atoms with E-state index < -0.39 is 0 Å². The van der Waals surface area contributed by atoms with Crippen LogP contribution in [0.15, 0.2) is 65.2 Å². The lowest BCUT2D eigenvalue weighted by Gasteiger charge is -2.31. The predicted octanol–water partition coefficient (Wildman–Crippen LogP) is 5.00. The molecule has 30 heavy (non-hydrogen) atoms. The van der Waals surface area contributed by atoms with Crippen LogP contribution in [-0.4, -0.2) is 35.6 Å². The van der Waals surface area contributed by atoms with Crippen LogP contribution < -0.4 is 5.32 Å². The van der Waals surface area contributed by atoms with Crippen LogP contribution in [0, 0.1) is 6.92 Å². The summed E-state index contributed by atoms with van der Waals surface area (Å²) in [4.78, 5) is 15.3.